The Morgan fingerprint density at radius 2 is 1.00 bits per heavy atom. The molecule has 0 aromatic carbocycles. The molecule has 0 aliphatic carbocycles. The van der Waals surface area contributed by atoms with Gasteiger partial charge in [-0.1, -0.05) is 0 Å². The second kappa shape index (κ2) is 38.1. The summed E-state index contributed by atoms with van der Waals surface area (Å²) in [5, 5.41) is 0. The molecule has 0 aliphatic heterocycles. The predicted molar refractivity (Wildman–Crippen MR) is 22.7 cm³/mol. The molecule has 0 fully saturated rings. The van der Waals surface area contributed by atoms with E-state index < -0.39 is 0 Å². The van der Waals surface area contributed by atoms with Gasteiger partial charge in [0.15, 0.2) is 0 Å². The summed E-state index contributed by atoms with van der Waals surface area (Å²) in [5.74, 6) is 0. The molecule has 0 aliphatic rings. The van der Waals surface area contributed by atoms with Gasteiger partial charge in [-0.2, -0.15) is 13.8 Å². The van der Waals surface area contributed by atoms with Crippen LogP contribution < -0.4 is 0 Å². The SMILES string of the molecule is C[C-]=O.C[C-]=O.[Ru+2]. The number of hydrogen-bond acceptors (Lipinski definition) is 2. The van der Waals surface area contributed by atoms with Crippen LogP contribution in [0.25, 0.3) is 0 Å². The van der Waals surface area contributed by atoms with Crippen LogP contribution in [0.15, 0.2) is 0 Å². The van der Waals surface area contributed by atoms with Gasteiger partial charge in [0.25, 0.3) is 0 Å². The molecule has 42 valence electrons. The van der Waals surface area contributed by atoms with Gasteiger partial charge in [0.1, 0.15) is 0 Å². The Balaban J connectivity index is -0.0000000400. The van der Waals surface area contributed by atoms with Crippen molar-refractivity contribution in [2.75, 3.05) is 0 Å². The van der Waals surface area contributed by atoms with E-state index in [0.717, 1.165) is 0 Å². The van der Waals surface area contributed by atoms with Crippen molar-refractivity contribution >= 4 is 12.6 Å². The van der Waals surface area contributed by atoms with Crippen molar-refractivity contribution in [1.29, 1.82) is 0 Å². The molecule has 0 saturated heterocycles. The quantitative estimate of drug-likeness (QED) is 0.402. The van der Waals surface area contributed by atoms with Crippen LogP contribution in [0.5, 0.6) is 0 Å². The van der Waals surface area contributed by atoms with Crippen molar-refractivity contribution < 1.29 is 29.1 Å². The number of carbonyl (C=O) groups excluding carboxylic acids is 2. The molecule has 0 bridgehead atoms. The van der Waals surface area contributed by atoms with E-state index in [-0.39, 0.29) is 19.5 Å². The molecule has 2 nitrogen and oxygen atoms in total. The largest absolute Gasteiger partial charge is 2.00 e. The summed E-state index contributed by atoms with van der Waals surface area (Å²) in [6.45, 7) is 2.64. The van der Waals surface area contributed by atoms with Crippen molar-refractivity contribution in [2.24, 2.45) is 0 Å². The fourth-order valence-electron chi connectivity index (χ4n) is 0. The van der Waals surface area contributed by atoms with Crippen molar-refractivity contribution in [1.82, 2.24) is 0 Å². The zero-order valence-electron chi connectivity index (χ0n) is 4.17. The van der Waals surface area contributed by atoms with E-state index in [9.17, 15) is 0 Å². The maximum Gasteiger partial charge on any atom is 2.00 e. The van der Waals surface area contributed by atoms with E-state index in [1.165, 1.54) is 26.4 Å². The molecule has 0 N–H and O–H groups in total. The zero-order chi connectivity index (χ0) is 5.41. The maximum absolute atomic E-state index is 8.68. The first-order chi connectivity index (χ1) is 2.83. The maximum atomic E-state index is 8.68. The summed E-state index contributed by atoms with van der Waals surface area (Å²) < 4.78 is 0. The van der Waals surface area contributed by atoms with Crippen LogP contribution in [-0.2, 0) is 29.1 Å². The minimum absolute atomic E-state index is 0. The fraction of sp³-hybridized carbons (Fsp3) is 0.500. The average molecular weight is 187 g/mol. The number of hydrogen-bond donors (Lipinski definition) is 0. The second-order valence-electron chi connectivity index (χ2n) is 0.408. The van der Waals surface area contributed by atoms with Gasteiger partial charge in [-0.3, -0.25) is 12.6 Å². The monoisotopic (exact) mass is 188 g/mol. The van der Waals surface area contributed by atoms with Crippen LogP contribution in [0, 0.1) is 0 Å². The van der Waals surface area contributed by atoms with Gasteiger partial charge in [0.2, 0.25) is 0 Å². The van der Waals surface area contributed by atoms with Crippen LogP contribution in [0.4, 0.5) is 0 Å². The third-order valence-electron chi connectivity index (χ3n) is 0. The molecule has 0 aromatic heterocycles. The predicted octanol–water partition coefficient (Wildman–Crippen LogP) is 0.230. The van der Waals surface area contributed by atoms with Crippen molar-refractivity contribution in [3.63, 3.8) is 0 Å². The molecular formula is C4H6O2Ru. The fourth-order valence-corrected chi connectivity index (χ4v) is 0. The third-order valence-corrected chi connectivity index (χ3v) is 0. The molecule has 0 aromatic rings. The molecule has 7 heavy (non-hydrogen) atoms. The minimum atomic E-state index is 0. The van der Waals surface area contributed by atoms with Gasteiger partial charge >= 0.3 is 19.5 Å². The van der Waals surface area contributed by atoms with E-state index in [0.29, 0.717) is 0 Å². The number of rotatable bonds is 0. The third kappa shape index (κ3) is 69800. The first-order valence-electron chi connectivity index (χ1n) is 1.41. The topological polar surface area (TPSA) is 34.1 Å². The molecule has 0 heterocycles. The second-order valence-corrected chi connectivity index (χ2v) is 0.408. The first kappa shape index (κ1) is 15.8. The van der Waals surface area contributed by atoms with Crippen LogP contribution in [0.2, 0.25) is 0 Å². The molecule has 0 atom stereocenters. The Morgan fingerprint density at radius 1 is 1.00 bits per heavy atom. The molecule has 0 rings (SSSR count). The van der Waals surface area contributed by atoms with Crippen LogP contribution in [0.3, 0.4) is 0 Å². The molecule has 0 spiro atoms. The summed E-state index contributed by atoms with van der Waals surface area (Å²) >= 11 is 0. The Hall–Kier alpha value is -0.0366. The molecule has 3 heteroatoms. The molecule has 0 saturated carbocycles. The van der Waals surface area contributed by atoms with Gasteiger partial charge in [0, 0.05) is 0 Å². The minimum Gasteiger partial charge on any atom is -0.542 e. The van der Waals surface area contributed by atoms with E-state index >= 15 is 0 Å². The van der Waals surface area contributed by atoms with Gasteiger partial charge in [-0.15, -0.1) is 0 Å². The Morgan fingerprint density at radius 3 is 1.00 bits per heavy atom. The summed E-state index contributed by atoms with van der Waals surface area (Å²) in [6, 6.07) is 0. The van der Waals surface area contributed by atoms with Crippen molar-refractivity contribution in [3.8, 4) is 0 Å². The normalized spacial score (nSPS) is 3.71. The standard InChI is InChI=1S/2C2H3O.Ru/c2*1-2-3;/h2*1H3;/q2*-1;+2. The molecule has 0 amide bonds. The van der Waals surface area contributed by atoms with Crippen molar-refractivity contribution in [2.45, 2.75) is 13.8 Å². The van der Waals surface area contributed by atoms with Crippen LogP contribution in [0.1, 0.15) is 13.8 Å². The van der Waals surface area contributed by atoms with Gasteiger partial charge in [0.05, 0.1) is 0 Å². The average Bonchev–Trinajstić information content (AvgIpc) is 1.39. The smallest absolute Gasteiger partial charge is 0.542 e. The van der Waals surface area contributed by atoms with E-state index in [2.05, 4.69) is 0 Å². The zero-order valence-corrected chi connectivity index (χ0v) is 5.91. The van der Waals surface area contributed by atoms with Gasteiger partial charge in [-0.05, 0) is 0 Å². The molecular weight excluding hydrogens is 181 g/mol. The Kier molecular flexibility index (Phi) is 85.8. The Bertz CT molecular complexity index is 30.7. The summed E-state index contributed by atoms with van der Waals surface area (Å²) in [4.78, 5) is 17.4. The summed E-state index contributed by atoms with van der Waals surface area (Å²) in [6.07, 6.45) is 3.00. The summed E-state index contributed by atoms with van der Waals surface area (Å²) in [7, 11) is 0. The van der Waals surface area contributed by atoms with Crippen molar-refractivity contribution in [3.05, 3.63) is 0 Å². The van der Waals surface area contributed by atoms with Crippen LogP contribution in [-0.4, -0.2) is 12.6 Å². The molecule has 0 radical (unpaired) electrons. The van der Waals surface area contributed by atoms with E-state index in [4.69, 9.17) is 9.59 Å². The van der Waals surface area contributed by atoms with E-state index in [1.807, 2.05) is 0 Å². The molecule has 0 unspecified atom stereocenters. The van der Waals surface area contributed by atoms with Gasteiger partial charge in [-0.25, -0.2) is 0 Å². The van der Waals surface area contributed by atoms with Gasteiger partial charge < -0.3 is 9.59 Å². The van der Waals surface area contributed by atoms with Crippen LogP contribution >= 0.6 is 0 Å². The first-order valence-corrected chi connectivity index (χ1v) is 1.41. The summed E-state index contributed by atoms with van der Waals surface area (Å²) in [5.41, 5.74) is 0. The Labute approximate surface area is 56.0 Å². The van der Waals surface area contributed by atoms with E-state index in [1.54, 1.807) is 0 Å².